The van der Waals surface area contributed by atoms with E-state index >= 15 is 0 Å². The van der Waals surface area contributed by atoms with Crippen LogP contribution in [0.4, 0.5) is 0 Å². The molecular weight excluding hydrogens is 306 g/mol. The van der Waals surface area contributed by atoms with E-state index in [4.69, 9.17) is 0 Å². The summed E-state index contributed by atoms with van der Waals surface area (Å²) in [6.07, 6.45) is 10.2. The fourth-order valence-corrected chi connectivity index (χ4v) is 4.64. The molecule has 0 aromatic carbocycles. The molecule has 3 rings (SSSR count). The van der Waals surface area contributed by atoms with Crippen LogP contribution in [-0.2, 0) is 4.79 Å². The second-order valence-electron chi connectivity index (χ2n) is 6.99. The first-order valence-electron chi connectivity index (χ1n) is 9.15. The number of likely N-dealkylation sites (tertiary alicyclic amines) is 2. The molecule has 2 aliphatic rings. The van der Waals surface area contributed by atoms with Crippen LogP contribution in [0.1, 0.15) is 60.7 Å². The number of aryl methyl sites for hydroxylation is 1. The van der Waals surface area contributed by atoms with Crippen LogP contribution in [0, 0.1) is 6.92 Å². The first-order valence-corrected chi connectivity index (χ1v) is 9.96. The zero-order chi connectivity index (χ0) is 16.1. The van der Waals surface area contributed by atoms with Crippen LogP contribution in [0.25, 0.3) is 0 Å². The van der Waals surface area contributed by atoms with Crippen molar-refractivity contribution in [3.63, 3.8) is 0 Å². The Morgan fingerprint density at radius 3 is 2.70 bits per heavy atom. The van der Waals surface area contributed by atoms with Gasteiger partial charge in [0.1, 0.15) is 0 Å². The summed E-state index contributed by atoms with van der Waals surface area (Å²) in [6, 6.07) is 0. The van der Waals surface area contributed by atoms with Crippen LogP contribution in [0.2, 0.25) is 0 Å². The van der Waals surface area contributed by atoms with Crippen molar-refractivity contribution in [3.05, 3.63) is 16.1 Å². The molecule has 2 fully saturated rings. The van der Waals surface area contributed by atoms with Gasteiger partial charge in [-0.05, 0) is 45.7 Å². The molecule has 5 heteroatoms. The van der Waals surface area contributed by atoms with Gasteiger partial charge in [0.2, 0.25) is 5.91 Å². The average molecular weight is 336 g/mol. The number of carbonyl (C=O) groups excluding carboxylic acids is 1. The predicted molar refractivity (Wildman–Crippen MR) is 94.9 cm³/mol. The van der Waals surface area contributed by atoms with Gasteiger partial charge in [-0.25, -0.2) is 4.98 Å². The van der Waals surface area contributed by atoms with Crippen molar-refractivity contribution in [3.8, 4) is 0 Å². The molecule has 0 spiro atoms. The second kappa shape index (κ2) is 8.25. The third-order valence-electron chi connectivity index (χ3n) is 5.10. The molecule has 1 aromatic heterocycles. The molecule has 0 unspecified atom stereocenters. The summed E-state index contributed by atoms with van der Waals surface area (Å²) in [5.41, 5.74) is 0. The van der Waals surface area contributed by atoms with Gasteiger partial charge in [-0.1, -0.05) is 12.8 Å². The SMILES string of the molecule is Cc1cnc([C@@H]2CCCN(C(=O)CCN3CCCCCC3)C2)s1. The van der Waals surface area contributed by atoms with Crippen LogP contribution in [0.3, 0.4) is 0 Å². The number of piperidine rings is 1. The van der Waals surface area contributed by atoms with E-state index in [1.54, 1.807) is 11.3 Å². The van der Waals surface area contributed by atoms with E-state index in [-0.39, 0.29) is 0 Å². The smallest absolute Gasteiger partial charge is 0.223 e. The van der Waals surface area contributed by atoms with E-state index in [0.717, 1.165) is 26.1 Å². The van der Waals surface area contributed by atoms with Gasteiger partial charge in [0.05, 0.1) is 5.01 Å². The lowest BCUT2D eigenvalue weighted by Crippen LogP contribution is -2.40. The number of rotatable bonds is 4. The highest BCUT2D eigenvalue weighted by molar-refractivity contribution is 7.11. The molecule has 3 heterocycles. The van der Waals surface area contributed by atoms with Gasteiger partial charge in [0, 0.05) is 43.0 Å². The summed E-state index contributed by atoms with van der Waals surface area (Å²) in [6.45, 7) is 7.19. The number of hydrogen-bond donors (Lipinski definition) is 0. The quantitative estimate of drug-likeness (QED) is 0.846. The molecule has 0 radical (unpaired) electrons. The third-order valence-corrected chi connectivity index (χ3v) is 6.18. The first kappa shape index (κ1) is 16.9. The van der Waals surface area contributed by atoms with Crippen LogP contribution >= 0.6 is 11.3 Å². The molecule has 128 valence electrons. The van der Waals surface area contributed by atoms with E-state index in [9.17, 15) is 4.79 Å². The Bertz CT molecular complexity index is 508. The fourth-order valence-electron chi connectivity index (χ4n) is 3.74. The maximum Gasteiger partial charge on any atom is 0.223 e. The highest BCUT2D eigenvalue weighted by atomic mass is 32.1. The number of nitrogens with zero attached hydrogens (tertiary/aromatic N) is 3. The van der Waals surface area contributed by atoms with Gasteiger partial charge in [-0.3, -0.25) is 4.79 Å². The van der Waals surface area contributed by atoms with E-state index < -0.39 is 0 Å². The fraction of sp³-hybridized carbons (Fsp3) is 0.778. The summed E-state index contributed by atoms with van der Waals surface area (Å²) < 4.78 is 0. The van der Waals surface area contributed by atoms with Gasteiger partial charge in [-0.2, -0.15) is 0 Å². The van der Waals surface area contributed by atoms with Gasteiger partial charge in [0.25, 0.3) is 0 Å². The number of aromatic nitrogens is 1. The predicted octanol–water partition coefficient (Wildman–Crippen LogP) is 3.42. The van der Waals surface area contributed by atoms with E-state index in [0.29, 0.717) is 18.2 Å². The Balaban J connectivity index is 1.48. The minimum absolute atomic E-state index is 0.340. The normalized spacial score (nSPS) is 23.7. The number of carbonyl (C=O) groups is 1. The Hall–Kier alpha value is -0.940. The maximum atomic E-state index is 12.6. The third kappa shape index (κ3) is 4.77. The Morgan fingerprint density at radius 2 is 2.00 bits per heavy atom. The molecule has 4 nitrogen and oxygen atoms in total. The molecular formula is C18H29N3OS. The highest BCUT2D eigenvalue weighted by Gasteiger charge is 2.26. The van der Waals surface area contributed by atoms with Crippen molar-refractivity contribution in [2.75, 3.05) is 32.7 Å². The van der Waals surface area contributed by atoms with Crippen molar-refractivity contribution >= 4 is 17.2 Å². The highest BCUT2D eigenvalue weighted by Crippen LogP contribution is 2.30. The van der Waals surface area contributed by atoms with Gasteiger partial charge in [-0.15, -0.1) is 11.3 Å². The molecule has 1 amide bonds. The molecule has 0 N–H and O–H groups in total. The molecule has 0 bridgehead atoms. The summed E-state index contributed by atoms with van der Waals surface area (Å²) in [5, 5.41) is 1.22. The average Bonchev–Trinajstić information content (AvgIpc) is 2.84. The number of hydrogen-bond acceptors (Lipinski definition) is 4. The summed E-state index contributed by atoms with van der Waals surface area (Å²) in [4.78, 5) is 23.0. The minimum atomic E-state index is 0.340. The Morgan fingerprint density at radius 1 is 1.22 bits per heavy atom. The van der Waals surface area contributed by atoms with Crippen LogP contribution in [-0.4, -0.2) is 53.4 Å². The van der Waals surface area contributed by atoms with Crippen molar-refractivity contribution < 1.29 is 4.79 Å². The van der Waals surface area contributed by atoms with Crippen LogP contribution in [0.5, 0.6) is 0 Å². The lowest BCUT2D eigenvalue weighted by molar-refractivity contribution is -0.132. The van der Waals surface area contributed by atoms with Gasteiger partial charge < -0.3 is 9.80 Å². The standard InChI is InChI=1S/C18H29N3OS/c1-15-13-19-18(23-15)16-7-6-11-21(14-16)17(22)8-12-20-9-4-2-3-5-10-20/h13,16H,2-12,14H2,1H3/t16-/m1/s1. The zero-order valence-electron chi connectivity index (χ0n) is 14.3. The maximum absolute atomic E-state index is 12.6. The van der Waals surface area contributed by atoms with Crippen molar-refractivity contribution in [2.24, 2.45) is 0 Å². The Kier molecular flexibility index (Phi) is 6.06. The van der Waals surface area contributed by atoms with Gasteiger partial charge >= 0.3 is 0 Å². The van der Waals surface area contributed by atoms with Gasteiger partial charge in [0.15, 0.2) is 0 Å². The minimum Gasteiger partial charge on any atom is -0.342 e. The molecule has 0 aliphatic carbocycles. The van der Waals surface area contributed by atoms with Crippen LogP contribution in [0.15, 0.2) is 6.20 Å². The summed E-state index contributed by atoms with van der Waals surface area (Å²) in [7, 11) is 0. The largest absolute Gasteiger partial charge is 0.342 e. The molecule has 0 saturated carbocycles. The van der Waals surface area contributed by atoms with Crippen molar-refractivity contribution in [1.29, 1.82) is 0 Å². The van der Waals surface area contributed by atoms with Crippen molar-refractivity contribution in [1.82, 2.24) is 14.8 Å². The van der Waals surface area contributed by atoms with E-state index in [2.05, 4.69) is 21.7 Å². The van der Waals surface area contributed by atoms with E-state index in [1.165, 1.54) is 55.1 Å². The molecule has 2 aliphatic heterocycles. The summed E-state index contributed by atoms with van der Waals surface area (Å²) >= 11 is 1.79. The molecule has 23 heavy (non-hydrogen) atoms. The molecule has 1 atom stereocenters. The Labute approximate surface area is 143 Å². The van der Waals surface area contributed by atoms with Crippen molar-refractivity contribution in [2.45, 2.75) is 57.8 Å². The number of amides is 1. The topological polar surface area (TPSA) is 36.4 Å². The van der Waals surface area contributed by atoms with Crippen LogP contribution < -0.4 is 0 Å². The molecule has 1 aromatic rings. The first-order chi connectivity index (χ1) is 11.2. The lowest BCUT2D eigenvalue weighted by atomic mass is 9.98. The molecule has 2 saturated heterocycles. The second-order valence-corrected chi connectivity index (χ2v) is 8.26. The summed E-state index contributed by atoms with van der Waals surface area (Å²) in [5.74, 6) is 0.789. The zero-order valence-corrected chi connectivity index (χ0v) is 15.1. The lowest BCUT2D eigenvalue weighted by Gasteiger charge is -2.32. The number of thiazole rings is 1. The monoisotopic (exact) mass is 335 g/mol. The van der Waals surface area contributed by atoms with E-state index in [1.807, 2.05) is 6.20 Å².